The van der Waals surface area contributed by atoms with Gasteiger partial charge in [-0.25, -0.2) is 9.38 Å². The highest BCUT2D eigenvalue weighted by Gasteiger charge is 2.63. The van der Waals surface area contributed by atoms with E-state index in [4.69, 9.17) is 15.6 Å². The molecule has 0 radical (unpaired) electrons. The number of aliphatic hydroxyl groups is 3. The van der Waals surface area contributed by atoms with Gasteiger partial charge in [0.2, 0.25) is 0 Å². The first-order chi connectivity index (χ1) is 8.72. The third-order valence-corrected chi connectivity index (χ3v) is 3.20. The Bertz CT molecular complexity index is 465. The molecular formula is C11H16FN3O4. The zero-order chi connectivity index (χ0) is 14.4. The number of amidine groups is 1. The highest BCUT2D eigenvalue weighted by Crippen LogP contribution is 2.42. The first-order valence-corrected chi connectivity index (χ1v) is 5.60. The van der Waals surface area contributed by atoms with Crippen LogP contribution in [0.1, 0.15) is 6.92 Å². The maximum absolute atomic E-state index is 14.1. The van der Waals surface area contributed by atoms with E-state index in [1.807, 2.05) is 0 Å². The number of nitrogens with zero attached hydrogens (tertiary/aromatic N) is 2. The van der Waals surface area contributed by atoms with Crippen LogP contribution in [-0.2, 0) is 4.74 Å². The van der Waals surface area contributed by atoms with Crippen LogP contribution in [0.25, 0.3) is 0 Å². The molecule has 0 aromatic heterocycles. The predicted octanol–water partition coefficient (Wildman–Crippen LogP) is -1.23. The molecule has 19 heavy (non-hydrogen) atoms. The third-order valence-electron chi connectivity index (χ3n) is 3.20. The number of hydrogen-bond donors (Lipinski definition) is 4. The van der Waals surface area contributed by atoms with Crippen molar-refractivity contribution in [3.63, 3.8) is 0 Å². The maximum Gasteiger partial charge on any atom is 0.263 e. The molecule has 0 unspecified atom stereocenters. The molecule has 0 aromatic rings. The Morgan fingerprint density at radius 3 is 2.79 bits per heavy atom. The summed E-state index contributed by atoms with van der Waals surface area (Å²) in [6.45, 7) is 3.71. The number of nitrogens with two attached hydrogens (primary N) is 1. The molecule has 0 aliphatic carbocycles. The minimum atomic E-state index is -2.75. The van der Waals surface area contributed by atoms with Crippen molar-refractivity contribution in [2.75, 3.05) is 6.61 Å². The second kappa shape index (κ2) is 4.27. The van der Waals surface area contributed by atoms with Crippen molar-refractivity contribution < 1.29 is 24.4 Å². The maximum atomic E-state index is 14.1. The third kappa shape index (κ3) is 2.02. The van der Waals surface area contributed by atoms with E-state index in [1.54, 1.807) is 0 Å². The molecule has 2 aliphatic rings. The molecular weight excluding hydrogens is 257 g/mol. The van der Waals surface area contributed by atoms with E-state index in [-0.39, 0.29) is 11.7 Å². The van der Waals surface area contributed by atoms with Gasteiger partial charge in [-0.1, -0.05) is 6.58 Å². The van der Waals surface area contributed by atoms with Crippen molar-refractivity contribution in [1.82, 2.24) is 4.90 Å². The molecule has 1 fully saturated rings. The molecule has 0 saturated carbocycles. The lowest BCUT2D eigenvalue weighted by Gasteiger charge is -2.35. The number of halogens is 1. The molecule has 2 rings (SSSR count). The van der Waals surface area contributed by atoms with Gasteiger partial charge >= 0.3 is 0 Å². The number of aliphatic imine (C=N–C) groups is 1. The Labute approximate surface area is 109 Å². The predicted molar refractivity (Wildman–Crippen MR) is 64.2 cm³/mol. The van der Waals surface area contributed by atoms with Crippen LogP contribution in [0, 0.1) is 0 Å². The van der Waals surface area contributed by atoms with Crippen LogP contribution >= 0.6 is 0 Å². The molecule has 106 valence electrons. The molecule has 0 aromatic carbocycles. The molecule has 0 amide bonds. The highest BCUT2D eigenvalue weighted by molar-refractivity contribution is 5.92. The summed E-state index contributed by atoms with van der Waals surface area (Å²) in [7, 11) is 0. The van der Waals surface area contributed by atoms with E-state index in [9.17, 15) is 14.6 Å². The van der Waals surface area contributed by atoms with Crippen LogP contribution in [0.5, 0.6) is 0 Å². The molecule has 1 saturated heterocycles. The van der Waals surface area contributed by atoms with Gasteiger partial charge in [-0.15, -0.1) is 0 Å². The SMILES string of the molecule is C=C1N=C(N)C=CN1[C@@H]1O[C@](F)(CO)[C@@H](O)[C@@]1(C)O. The Kier molecular flexibility index (Phi) is 3.13. The molecule has 4 atom stereocenters. The Hall–Kier alpha value is -1.48. The minimum Gasteiger partial charge on any atom is -0.390 e. The Morgan fingerprint density at radius 2 is 2.32 bits per heavy atom. The summed E-state index contributed by atoms with van der Waals surface area (Å²) in [4.78, 5) is 5.09. The number of rotatable bonds is 2. The van der Waals surface area contributed by atoms with Gasteiger partial charge in [0.15, 0.2) is 6.23 Å². The monoisotopic (exact) mass is 273 g/mol. The van der Waals surface area contributed by atoms with Crippen LogP contribution < -0.4 is 5.73 Å². The summed E-state index contributed by atoms with van der Waals surface area (Å²) in [5.74, 6) is -2.43. The Morgan fingerprint density at radius 1 is 1.68 bits per heavy atom. The number of ether oxygens (including phenoxy) is 1. The first kappa shape index (κ1) is 13.9. The van der Waals surface area contributed by atoms with Gasteiger partial charge in [0, 0.05) is 6.20 Å². The molecule has 0 spiro atoms. The van der Waals surface area contributed by atoms with Gasteiger partial charge in [0.05, 0.1) is 0 Å². The average Bonchev–Trinajstić information content (AvgIpc) is 2.51. The lowest BCUT2D eigenvalue weighted by molar-refractivity contribution is -0.209. The van der Waals surface area contributed by atoms with E-state index >= 15 is 0 Å². The summed E-state index contributed by atoms with van der Waals surface area (Å²) in [6, 6.07) is 0. The highest BCUT2D eigenvalue weighted by atomic mass is 19.2. The fourth-order valence-corrected chi connectivity index (χ4v) is 2.10. The molecule has 2 heterocycles. The molecule has 0 bridgehead atoms. The fraction of sp³-hybridized carbons (Fsp3) is 0.545. The standard InChI is InChI=1S/C11H16FN3O4/c1-6-14-7(13)3-4-15(6)9-10(2,18)8(17)11(12,5-16)19-9/h3-4,8-9,16-18H,1,5H2,2H3,(H2,13,14)/t8-,9+,10+,11+/m0/s1. The summed E-state index contributed by atoms with van der Waals surface area (Å²) in [6.07, 6.45) is -0.392. The van der Waals surface area contributed by atoms with E-state index in [2.05, 4.69) is 11.6 Å². The van der Waals surface area contributed by atoms with Crippen molar-refractivity contribution in [1.29, 1.82) is 0 Å². The van der Waals surface area contributed by atoms with Crippen molar-refractivity contribution in [2.24, 2.45) is 10.7 Å². The van der Waals surface area contributed by atoms with Crippen molar-refractivity contribution >= 4 is 5.84 Å². The quantitative estimate of drug-likeness (QED) is 0.501. The second-order valence-corrected chi connectivity index (χ2v) is 4.72. The van der Waals surface area contributed by atoms with E-state index in [0.29, 0.717) is 0 Å². The van der Waals surface area contributed by atoms with Gasteiger partial charge in [-0.05, 0) is 13.0 Å². The number of alkyl halides is 1. The number of hydrogen-bond acceptors (Lipinski definition) is 7. The summed E-state index contributed by atoms with van der Waals surface area (Å²) >= 11 is 0. The zero-order valence-corrected chi connectivity index (χ0v) is 10.3. The lowest BCUT2D eigenvalue weighted by atomic mass is 9.95. The van der Waals surface area contributed by atoms with Crippen LogP contribution in [-0.4, -0.2) is 56.4 Å². The van der Waals surface area contributed by atoms with E-state index < -0.39 is 30.4 Å². The van der Waals surface area contributed by atoms with E-state index in [0.717, 1.165) is 0 Å². The second-order valence-electron chi connectivity index (χ2n) is 4.72. The molecule has 8 heteroatoms. The van der Waals surface area contributed by atoms with Gasteiger partial charge in [-0.3, -0.25) is 0 Å². The lowest BCUT2D eigenvalue weighted by Crippen LogP contribution is -2.52. The van der Waals surface area contributed by atoms with Gasteiger partial charge in [0.25, 0.3) is 5.85 Å². The van der Waals surface area contributed by atoms with E-state index in [1.165, 1.54) is 24.1 Å². The molecule has 2 aliphatic heterocycles. The zero-order valence-electron chi connectivity index (χ0n) is 10.3. The summed E-state index contributed by atoms with van der Waals surface area (Å²) < 4.78 is 19.1. The van der Waals surface area contributed by atoms with Crippen molar-refractivity contribution in [3.8, 4) is 0 Å². The molecule has 5 N–H and O–H groups in total. The van der Waals surface area contributed by atoms with Crippen molar-refractivity contribution in [2.45, 2.75) is 30.7 Å². The topological polar surface area (TPSA) is 112 Å². The largest absolute Gasteiger partial charge is 0.390 e. The Balaban J connectivity index is 2.32. The minimum absolute atomic E-state index is 0.125. The van der Waals surface area contributed by atoms with Gasteiger partial charge in [-0.2, -0.15) is 0 Å². The fourth-order valence-electron chi connectivity index (χ4n) is 2.10. The summed E-state index contributed by atoms with van der Waals surface area (Å²) in [5, 5.41) is 28.9. The van der Waals surface area contributed by atoms with Crippen LogP contribution in [0.4, 0.5) is 4.39 Å². The summed E-state index contributed by atoms with van der Waals surface area (Å²) in [5.41, 5.74) is 3.50. The van der Waals surface area contributed by atoms with Gasteiger partial charge < -0.3 is 30.7 Å². The van der Waals surface area contributed by atoms with Crippen LogP contribution in [0.15, 0.2) is 29.7 Å². The normalized spacial score (nSPS) is 42.7. The van der Waals surface area contributed by atoms with Crippen LogP contribution in [0.3, 0.4) is 0 Å². The first-order valence-electron chi connectivity index (χ1n) is 5.60. The van der Waals surface area contributed by atoms with Crippen LogP contribution in [0.2, 0.25) is 0 Å². The molecule has 7 nitrogen and oxygen atoms in total. The number of aliphatic hydroxyl groups excluding tert-OH is 2. The average molecular weight is 273 g/mol. The van der Waals surface area contributed by atoms with Crippen molar-refractivity contribution in [3.05, 3.63) is 24.7 Å². The van der Waals surface area contributed by atoms with Gasteiger partial charge in [0.1, 0.15) is 30.0 Å². The smallest absolute Gasteiger partial charge is 0.263 e.